The van der Waals surface area contributed by atoms with Crippen molar-refractivity contribution in [3.63, 3.8) is 0 Å². The van der Waals surface area contributed by atoms with E-state index < -0.39 is 0 Å². The van der Waals surface area contributed by atoms with Crippen LogP contribution in [0.15, 0.2) is 126 Å². The van der Waals surface area contributed by atoms with Gasteiger partial charge in [0.25, 0.3) is 0 Å². The lowest BCUT2D eigenvalue weighted by Crippen LogP contribution is -2.25. The third-order valence-corrected chi connectivity index (χ3v) is 13.6. The van der Waals surface area contributed by atoms with Gasteiger partial charge in [0.1, 0.15) is 5.78 Å². The van der Waals surface area contributed by atoms with Gasteiger partial charge in [0.15, 0.2) is 0 Å². The van der Waals surface area contributed by atoms with Crippen LogP contribution in [0.5, 0.6) is 0 Å². The van der Waals surface area contributed by atoms with Gasteiger partial charge in [-0.3, -0.25) is 4.79 Å². The zero-order chi connectivity index (χ0) is 48.7. The topological polar surface area (TPSA) is 57.5 Å². The molecule has 1 fully saturated rings. The normalized spacial score (nSPS) is 13.6. The summed E-state index contributed by atoms with van der Waals surface area (Å²) >= 11 is 3.44. The molecule has 64 heavy (non-hydrogen) atoms. The molecule has 6 rings (SSSR count). The highest BCUT2D eigenvalue weighted by atomic mass is 32.1. The summed E-state index contributed by atoms with van der Waals surface area (Å²) in [5.74, 6) is 4.09. The van der Waals surface area contributed by atoms with E-state index in [1.165, 1.54) is 54.5 Å². The van der Waals surface area contributed by atoms with Crippen LogP contribution in [0.25, 0.3) is 0 Å². The molecule has 3 aromatic carbocycles. The fourth-order valence-electron chi connectivity index (χ4n) is 6.30. The van der Waals surface area contributed by atoms with Crippen LogP contribution in [-0.2, 0) is 11.2 Å². The molecule has 3 nitrogen and oxygen atoms in total. The van der Waals surface area contributed by atoms with Crippen molar-refractivity contribution < 1.29 is 15.0 Å². The third kappa shape index (κ3) is 28.5. The largest absolute Gasteiger partial charge is 0.388 e. The molecule has 0 aliphatic heterocycles. The third-order valence-electron chi connectivity index (χ3n) is 11.5. The second kappa shape index (κ2) is 34.9. The second-order valence-electron chi connectivity index (χ2n) is 19.8. The first-order valence-electron chi connectivity index (χ1n) is 24.2. The van der Waals surface area contributed by atoms with Gasteiger partial charge in [-0.15, -0.1) is 22.7 Å². The van der Waals surface area contributed by atoms with Crippen molar-refractivity contribution in [1.29, 1.82) is 0 Å². The van der Waals surface area contributed by atoms with E-state index in [0.29, 0.717) is 23.2 Å². The van der Waals surface area contributed by atoms with Crippen molar-refractivity contribution in [2.45, 2.75) is 173 Å². The molecule has 1 aliphatic carbocycles. The molecule has 0 saturated heterocycles. The minimum atomic E-state index is -0.323. The first-order valence-corrected chi connectivity index (χ1v) is 26.0. The molecule has 0 spiro atoms. The molecule has 2 N–H and O–H groups in total. The highest BCUT2D eigenvalue weighted by Crippen LogP contribution is 2.41. The molecular formula is C59H92O3S2. The predicted molar refractivity (Wildman–Crippen MR) is 286 cm³/mol. The van der Waals surface area contributed by atoms with Gasteiger partial charge in [0.2, 0.25) is 0 Å². The summed E-state index contributed by atoms with van der Waals surface area (Å²) in [6, 6.07) is 39.1. The molecular weight excluding hydrogens is 821 g/mol. The number of carbonyl (C=O) groups excluding carboxylic acids is 1. The van der Waals surface area contributed by atoms with Crippen LogP contribution < -0.4 is 0 Å². The highest BCUT2D eigenvalue weighted by Gasteiger charge is 2.29. The Labute approximate surface area is 402 Å². The van der Waals surface area contributed by atoms with Crippen LogP contribution in [0.1, 0.15) is 193 Å². The van der Waals surface area contributed by atoms with Crippen molar-refractivity contribution in [3.05, 3.63) is 152 Å². The molecule has 1 aliphatic rings. The molecule has 1 saturated carbocycles. The maximum atomic E-state index is 10.1. The Balaban J connectivity index is 0.000000728. The molecule has 2 heterocycles. The Morgan fingerprint density at radius 3 is 1.22 bits per heavy atom. The van der Waals surface area contributed by atoms with E-state index in [2.05, 4.69) is 134 Å². The summed E-state index contributed by atoms with van der Waals surface area (Å²) in [7, 11) is 0. The van der Waals surface area contributed by atoms with Crippen LogP contribution >= 0.6 is 22.7 Å². The SMILES string of the molecule is CC(=O)C(C)C.CC(C)C(O)c1ccccc1.CC(C)C(O)c1cccs1.CC(C)C1(C)CCCCC1.CC(C)Cc1ccccc1.CC(C)c1ccccc1.CC(C)c1cccs1. The second-order valence-corrected chi connectivity index (χ2v) is 21.7. The molecule has 358 valence electrons. The van der Waals surface area contributed by atoms with Gasteiger partial charge in [-0.2, -0.15) is 0 Å². The molecule has 0 bridgehead atoms. The Bertz CT molecular complexity index is 1750. The first kappa shape index (κ1) is 60.7. The van der Waals surface area contributed by atoms with Crippen LogP contribution in [0.4, 0.5) is 0 Å². The number of benzene rings is 3. The van der Waals surface area contributed by atoms with Crippen LogP contribution in [0.2, 0.25) is 0 Å². The molecule has 2 atom stereocenters. The fourth-order valence-corrected chi connectivity index (χ4v) is 7.93. The zero-order valence-corrected chi connectivity index (χ0v) is 44.8. The quantitative estimate of drug-likeness (QED) is 0.147. The number of aliphatic hydroxyl groups is 2. The van der Waals surface area contributed by atoms with E-state index in [4.69, 9.17) is 0 Å². The number of carbonyl (C=O) groups is 1. The average Bonchev–Trinajstić information content (AvgIpc) is 4.02. The number of thiophene rings is 2. The van der Waals surface area contributed by atoms with Gasteiger partial charge in [-0.1, -0.05) is 226 Å². The smallest absolute Gasteiger partial charge is 0.132 e. The van der Waals surface area contributed by atoms with Gasteiger partial charge < -0.3 is 10.2 Å². The highest BCUT2D eigenvalue weighted by molar-refractivity contribution is 7.10. The van der Waals surface area contributed by atoms with E-state index in [-0.39, 0.29) is 29.8 Å². The zero-order valence-electron chi connectivity index (χ0n) is 43.2. The van der Waals surface area contributed by atoms with E-state index in [9.17, 15) is 15.0 Å². The number of rotatable bonds is 10. The maximum Gasteiger partial charge on any atom is 0.132 e. The molecule has 0 amide bonds. The average molecular weight is 914 g/mol. The van der Waals surface area contributed by atoms with Crippen LogP contribution in [0.3, 0.4) is 0 Å². The van der Waals surface area contributed by atoms with Crippen molar-refractivity contribution >= 4 is 28.5 Å². The summed E-state index contributed by atoms with van der Waals surface area (Å²) in [5.41, 5.74) is 4.54. The molecule has 5 heteroatoms. The van der Waals surface area contributed by atoms with Crippen molar-refractivity contribution in [2.24, 2.45) is 35.0 Å². The summed E-state index contributed by atoms with van der Waals surface area (Å²) in [5, 5.41) is 23.2. The standard InChI is InChI=1S/C10H14O.C10H20.C10H14.C9H12.C8H12OS.C7H10S.C5H10O/c1-8(2)10(11)9-6-4-3-5-7-9;1-9(2)10(3)7-5-4-6-8-10;1-9(2)8-10-6-4-3-5-7-10;1-8(2)9-6-4-3-5-7-9;1-6(2)8(9)7-4-3-5-10-7;1-6(2)7-4-3-5-8-7;1-4(2)5(3)6/h3-8,10-11H,1-2H3;9H,4-8H2,1-3H3;3-7,9H,8H2,1-2H3;3-8H,1-2H3;3-6,8-9H,1-2H3;3-6H,1-2H3;4H,1-3H3. The van der Waals surface area contributed by atoms with Crippen molar-refractivity contribution in [1.82, 2.24) is 0 Å². The van der Waals surface area contributed by atoms with E-state index >= 15 is 0 Å². The number of ketones is 1. The lowest BCUT2D eigenvalue weighted by Gasteiger charge is -2.37. The number of aliphatic hydroxyl groups excluding tert-OH is 2. The lowest BCUT2D eigenvalue weighted by molar-refractivity contribution is -0.119. The van der Waals surface area contributed by atoms with Gasteiger partial charge in [-0.25, -0.2) is 0 Å². The lowest BCUT2D eigenvalue weighted by atomic mass is 9.69. The molecule has 5 aromatic rings. The van der Waals surface area contributed by atoms with Crippen LogP contribution in [0, 0.1) is 35.0 Å². The van der Waals surface area contributed by atoms with Gasteiger partial charge >= 0.3 is 0 Å². The minimum absolute atomic E-state index is 0.213. The Morgan fingerprint density at radius 1 is 0.531 bits per heavy atom. The van der Waals surface area contributed by atoms with Gasteiger partial charge in [-0.05, 0) is 107 Å². The summed E-state index contributed by atoms with van der Waals surface area (Å²) in [6.07, 6.45) is 7.93. The minimum Gasteiger partial charge on any atom is -0.388 e. The predicted octanol–water partition coefficient (Wildman–Crippen LogP) is 18.2. The van der Waals surface area contributed by atoms with E-state index in [0.717, 1.165) is 22.3 Å². The Kier molecular flexibility index (Phi) is 33.1. The summed E-state index contributed by atoms with van der Waals surface area (Å²) in [4.78, 5) is 12.7. The van der Waals surface area contributed by atoms with Crippen LogP contribution in [-0.4, -0.2) is 16.0 Å². The number of Topliss-reactive ketones (excluding diaryl/α,β-unsaturated/α-hetero) is 1. The first-order chi connectivity index (χ1) is 30.1. The number of hydrogen-bond donors (Lipinski definition) is 2. The van der Waals surface area contributed by atoms with Crippen molar-refractivity contribution in [2.75, 3.05) is 0 Å². The molecule has 2 unspecified atom stereocenters. The monoisotopic (exact) mass is 913 g/mol. The molecule has 2 aromatic heterocycles. The van der Waals surface area contributed by atoms with Crippen molar-refractivity contribution in [3.8, 4) is 0 Å². The fraction of sp³-hybridized carbons (Fsp3) is 0.542. The summed E-state index contributed by atoms with van der Waals surface area (Å²) < 4.78 is 0. The maximum absolute atomic E-state index is 10.1. The Hall–Kier alpha value is -3.35. The Morgan fingerprint density at radius 2 is 0.938 bits per heavy atom. The number of hydrogen-bond acceptors (Lipinski definition) is 5. The van der Waals surface area contributed by atoms with Gasteiger partial charge in [0.05, 0.1) is 12.2 Å². The van der Waals surface area contributed by atoms with E-state index in [1.807, 2.05) is 107 Å². The van der Waals surface area contributed by atoms with Gasteiger partial charge in [0, 0.05) is 15.7 Å². The summed E-state index contributed by atoms with van der Waals surface area (Å²) in [6.45, 7) is 34.0. The molecule has 0 radical (unpaired) electrons. The van der Waals surface area contributed by atoms with E-state index in [1.54, 1.807) is 18.3 Å².